The van der Waals surface area contributed by atoms with E-state index in [1.807, 2.05) is 0 Å². The molecule has 0 radical (unpaired) electrons. The van der Waals surface area contributed by atoms with Crippen LogP contribution >= 0.6 is 0 Å². The molecule has 1 rings (SSSR count). The van der Waals surface area contributed by atoms with Gasteiger partial charge in [-0.25, -0.2) is 4.39 Å². The predicted molar refractivity (Wildman–Crippen MR) is 159 cm³/mol. The Morgan fingerprint density at radius 2 is 1.30 bits per heavy atom. The van der Waals surface area contributed by atoms with Crippen LogP contribution < -0.4 is 16.1 Å². The summed E-state index contributed by atoms with van der Waals surface area (Å²) in [5.41, 5.74) is -0.0833. The van der Waals surface area contributed by atoms with Crippen LogP contribution in [-0.4, -0.2) is 53.1 Å². The summed E-state index contributed by atoms with van der Waals surface area (Å²) in [7, 11) is -1.90. The van der Waals surface area contributed by atoms with Gasteiger partial charge in [0.05, 0.1) is 5.92 Å². The number of rotatable bonds is 24. The Hall–Kier alpha value is -2.46. The van der Waals surface area contributed by atoms with Crippen LogP contribution in [0.5, 0.6) is 0 Å². The standard InChI is InChI=1S/C30H50BFN2O6.H2/c1-24(30(37)38)17-14-16-21-33-28(35)18-13-11-9-7-5-3-2-4-6-8-10-12-15-22-34-29(36)25-19-20-26(31(39)40)27(32)23-25;/h19-20,23-24,39-40H,2-18,21-22H2,1H3,(H,33,35)(H,34,36)(H,37,38);1H/t24-;/m0./s1. The van der Waals surface area contributed by atoms with Crippen molar-refractivity contribution in [3.05, 3.63) is 29.6 Å². The third-order valence-electron chi connectivity index (χ3n) is 7.21. The maximum absolute atomic E-state index is 13.8. The van der Waals surface area contributed by atoms with Gasteiger partial charge in [0.15, 0.2) is 0 Å². The van der Waals surface area contributed by atoms with Gasteiger partial charge >= 0.3 is 13.1 Å². The van der Waals surface area contributed by atoms with Crippen LogP contribution in [0.1, 0.15) is 128 Å². The molecule has 0 spiro atoms. The van der Waals surface area contributed by atoms with Gasteiger partial charge in [-0.3, -0.25) is 14.4 Å². The van der Waals surface area contributed by atoms with Crippen molar-refractivity contribution in [2.75, 3.05) is 13.1 Å². The SMILES string of the molecule is C[C@@H](CCCCNC(=O)CCCCCCCCCCCCCCCNC(=O)c1ccc(B(O)O)c(F)c1)C(=O)O.[HH]. The second kappa shape index (κ2) is 22.3. The molecular formula is C30H52BFN2O6. The molecular weight excluding hydrogens is 514 g/mol. The van der Waals surface area contributed by atoms with Crippen molar-refractivity contribution < 1.29 is 35.4 Å². The maximum atomic E-state index is 13.8. The van der Waals surface area contributed by atoms with Crippen molar-refractivity contribution >= 4 is 30.4 Å². The van der Waals surface area contributed by atoms with Crippen LogP contribution in [0.25, 0.3) is 0 Å². The fraction of sp³-hybridized carbons (Fsp3) is 0.700. The quantitative estimate of drug-likeness (QED) is 0.0888. The summed E-state index contributed by atoms with van der Waals surface area (Å²) in [6.07, 6.45) is 17.7. The topological polar surface area (TPSA) is 136 Å². The molecule has 1 aromatic rings. The summed E-state index contributed by atoms with van der Waals surface area (Å²) >= 11 is 0. The molecule has 0 unspecified atom stereocenters. The third kappa shape index (κ3) is 17.3. The third-order valence-corrected chi connectivity index (χ3v) is 7.21. The van der Waals surface area contributed by atoms with Crippen molar-refractivity contribution in [1.82, 2.24) is 10.6 Å². The van der Waals surface area contributed by atoms with Crippen molar-refractivity contribution in [2.45, 2.75) is 116 Å². The molecule has 0 aliphatic heterocycles. The van der Waals surface area contributed by atoms with E-state index in [4.69, 9.17) is 15.2 Å². The van der Waals surface area contributed by atoms with Gasteiger partial charge < -0.3 is 25.8 Å². The Morgan fingerprint density at radius 1 is 0.800 bits per heavy atom. The highest BCUT2D eigenvalue weighted by Gasteiger charge is 2.18. The van der Waals surface area contributed by atoms with E-state index in [-0.39, 0.29) is 30.2 Å². The first-order valence-electron chi connectivity index (χ1n) is 15.2. The van der Waals surface area contributed by atoms with Crippen LogP contribution in [0, 0.1) is 11.7 Å². The van der Waals surface area contributed by atoms with E-state index in [2.05, 4.69) is 10.6 Å². The molecule has 0 fully saturated rings. The Labute approximate surface area is 241 Å². The highest BCUT2D eigenvalue weighted by atomic mass is 19.1. The summed E-state index contributed by atoms with van der Waals surface area (Å²) < 4.78 is 13.8. The largest absolute Gasteiger partial charge is 0.491 e. The molecule has 2 amide bonds. The molecule has 0 saturated carbocycles. The van der Waals surface area contributed by atoms with E-state index in [0.29, 0.717) is 25.9 Å². The van der Waals surface area contributed by atoms with Crippen LogP contribution in [0.15, 0.2) is 18.2 Å². The fourth-order valence-corrected chi connectivity index (χ4v) is 4.55. The number of benzene rings is 1. The highest BCUT2D eigenvalue weighted by Crippen LogP contribution is 2.13. The number of aliphatic carboxylic acids is 1. The molecule has 1 aromatic carbocycles. The second-order valence-corrected chi connectivity index (χ2v) is 10.8. The summed E-state index contributed by atoms with van der Waals surface area (Å²) in [5.74, 6) is -2.16. The first kappa shape index (κ1) is 35.6. The van der Waals surface area contributed by atoms with Gasteiger partial charge in [-0.1, -0.05) is 90.0 Å². The number of carbonyl (C=O) groups is 3. The normalized spacial score (nSPS) is 11.7. The van der Waals surface area contributed by atoms with E-state index in [9.17, 15) is 18.8 Å². The van der Waals surface area contributed by atoms with E-state index in [1.54, 1.807) is 6.92 Å². The number of hydrogen-bond acceptors (Lipinski definition) is 5. The zero-order chi connectivity index (χ0) is 29.6. The molecule has 10 heteroatoms. The zero-order valence-electron chi connectivity index (χ0n) is 24.3. The number of amides is 2. The summed E-state index contributed by atoms with van der Waals surface area (Å²) in [4.78, 5) is 34.7. The van der Waals surface area contributed by atoms with Gasteiger partial charge in [-0.05, 0) is 37.8 Å². The average Bonchev–Trinajstić information content (AvgIpc) is 2.91. The lowest BCUT2D eigenvalue weighted by molar-refractivity contribution is -0.141. The molecule has 0 aliphatic rings. The van der Waals surface area contributed by atoms with E-state index < -0.39 is 18.9 Å². The Balaban J connectivity index is 0.0000160. The minimum atomic E-state index is -1.90. The van der Waals surface area contributed by atoms with Gasteiger partial charge in [0.2, 0.25) is 5.91 Å². The lowest BCUT2D eigenvalue weighted by Gasteiger charge is -2.07. The summed E-state index contributed by atoms with van der Waals surface area (Å²) in [5, 5.41) is 32.6. The average molecular weight is 567 g/mol. The Morgan fingerprint density at radius 3 is 1.82 bits per heavy atom. The molecule has 8 nitrogen and oxygen atoms in total. The lowest BCUT2D eigenvalue weighted by atomic mass is 9.79. The van der Waals surface area contributed by atoms with Gasteiger partial charge in [0.1, 0.15) is 5.82 Å². The molecule has 0 heterocycles. The molecule has 228 valence electrons. The van der Waals surface area contributed by atoms with Crippen molar-refractivity contribution in [1.29, 1.82) is 0 Å². The number of unbranched alkanes of at least 4 members (excludes halogenated alkanes) is 13. The van der Waals surface area contributed by atoms with Crippen LogP contribution in [0.2, 0.25) is 0 Å². The van der Waals surface area contributed by atoms with Crippen LogP contribution in [0.4, 0.5) is 4.39 Å². The van der Waals surface area contributed by atoms with E-state index in [0.717, 1.165) is 51.0 Å². The minimum Gasteiger partial charge on any atom is -0.481 e. The van der Waals surface area contributed by atoms with Gasteiger partial charge in [0.25, 0.3) is 5.91 Å². The summed E-state index contributed by atoms with van der Waals surface area (Å²) in [6.45, 7) is 2.87. The molecule has 0 bridgehead atoms. The summed E-state index contributed by atoms with van der Waals surface area (Å²) in [6, 6.07) is 3.61. The number of halogens is 1. The molecule has 5 N–H and O–H groups in total. The molecule has 40 heavy (non-hydrogen) atoms. The van der Waals surface area contributed by atoms with Crippen molar-refractivity contribution in [3.63, 3.8) is 0 Å². The maximum Gasteiger partial charge on any atom is 0.491 e. The van der Waals surface area contributed by atoms with Gasteiger partial charge in [0, 0.05) is 32.0 Å². The molecule has 0 saturated heterocycles. The van der Waals surface area contributed by atoms with Crippen molar-refractivity contribution in [3.8, 4) is 0 Å². The molecule has 0 aliphatic carbocycles. The number of nitrogens with one attached hydrogen (secondary N) is 2. The number of carboxylic acid groups (broad SMARTS) is 1. The minimum absolute atomic E-state index is 0. The van der Waals surface area contributed by atoms with Gasteiger partial charge in [-0.2, -0.15) is 0 Å². The first-order valence-corrected chi connectivity index (χ1v) is 15.2. The highest BCUT2D eigenvalue weighted by molar-refractivity contribution is 6.58. The fourth-order valence-electron chi connectivity index (χ4n) is 4.55. The predicted octanol–water partition coefficient (Wildman–Crippen LogP) is 4.95. The van der Waals surface area contributed by atoms with Gasteiger partial charge in [-0.15, -0.1) is 0 Å². The Bertz CT molecular complexity index is 877. The Kier molecular flexibility index (Phi) is 19.8. The number of carbonyl (C=O) groups excluding carboxylic acids is 2. The first-order chi connectivity index (χ1) is 19.2. The smallest absolute Gasteiger partial charge is 0.481 e. The van der Waals surface area contributed by atoms with E-state index in [1.165, 1.54) is 63.5 Å². The lowest BCUT2D eigenvalue weighted by Crippen LogP contribution is -2.33. The van der Waals surface area contributed by atoms with Crippen LogP contribution in [-0.2, 0) is 9.59 Å². The zero-order valence-corrected chi connectivity index (χ0v) is 24.3. The second-order valence-electron chi connectivity index (χ2n) is 10.8. The monoisotopic (exact) mass is 566 g/mol. The van der Waals surface area contributed by atoms with Crippen molar-refractivity contribution in [2.24, 2.45) is 5.92 Å². The number of hydrogen-bond donors (Lipinski definition) is 5. The number of carboxylic acids is 1. The molecule has 1 atom stereocenters. The van der Waals surface area contributed by atoms with Crippen LogP contribution in [0.3, 0.4) is 0 Å². The molecule has 0 aromatic heterocycles. The van der Waals surface area contributed by atoms with E-state index >= 15 is 0 Å².